The molecule has 0 unspecified atom stereocenters. The Morgan fingerprint density at radius 2 is 1.00 bits per heavy atom. The second kappa shape index (κ2) is 32.8. The van der Waals surface area contributed by atoms with Gasteiger partial charge in [-0.3, -0.25) is 29.8 Å². The molecule has 100 heavy (non-hydrogen) atoms. The molecular formula is C70H94Cl2N6O20S2. The number of methoxy groups -OCH3 is 4. The summed E-state index contributed by atoms with van der Waals surface area (Å²) in [5, 5.41) is 29.3. The zero-order valence-corrected chi connectivity index (χ0v) is 62.5. The van der Waals surface area contributed by atoms with Crippen LogP contribution in [0.15, 0.2) is 71.9 Å². The summed E-state index contributed by atoms with van der Waals surface area (Å²) in [5.74, 6) is -3.52. The SMILES string of the molecule is COc1cc2cc(c1Cl)N(C)C(=O)C[C@H](OC(=O)[C@H](C)N(C)C(=O)CCSSCCC(=O)N(C)[C@@H](C)C(=O)O[C@@H]1CC(=O)N(C)c3cc(cc(OC)c3Cl)C/C(C)=C/C=C/[C@@H](OC)[C@@]3(O)C[C@H](OC(=O)N3)[C@@H](C)[C@@H]3O[C@@]13C)[C@]1(C)O[C@H]1[C@H](C)[C@@H]1C[C@@](O)(NC(=O)O1)[C@H](OC)/C=C/C=C(\C)C2. The van der Waals surface area contributed by atoms with E-state index in [1.165, 1.54) is 97.6 Å². The molecule has 0 aliphatic carbocycles. The van der Waals surface area contributed by atoms with E-state index in [4.69, 9.17) is 70.6 Å². The van der Waals surface area contributed by atoms with Crippen LogP contribution >= 0.6 is 44.8 Å². The van der Waals surface area contributed by atoms with Gasteiger partial charge in [0.25, 0.3) is 0 Å². The number of halogens is 2. The van der Waals surface area contributed by atoms with Gasteiger partial charge in [-0.1, -0.05) is 106 Å². The Balaban J connectivity index is 0.887. The highest BCUT2D eigenvalue weighted by Gasteiger charge is 2.66. The topological polar surface area (TPSA) is 313 Å². The largest absolute Gasteiger partial charge is 0.495 e. The summed E-state index contributed by atoms with van der Waals surface area (Å²) in [6, 6.07) is 4.75. The van der Waals surface area contributed by atoms with Gasteiger partial charge in [0.15, 0.2) is 11.4 Å². The normalized spacial score (nSPS) is 32.5. The van der Waals surface area contributed by atoms with Gasteiger partial charge >= 0.3 is 24.1 Å². The van der Waals surface area contributed by atoms with E-state index >= 15 is 0 Å². The van der Waals surface area contributed by atoms with Crippen LogP contribution in [0.5, 0.6) is 11.5 Å². The van der Waals surface area contributed by atoms with Gasteiger partial charge in [-0.2, -0.15) is 0 Å². The number of alkyl carbamates (subject to hydrolysis) is 2. The number of esters is 2. The molecule has 550 valence electrons. The molecule has 4 N–H and O–H groups in total. The smallest absolute Gasteiger partial charge is 0.409 e. The summed E-state index contributed by atoms with van der Waals surface area (Å²) in [4.78, 5) is 117. The quantitative estimate of drug-likeness (QED) is 0.0381. The monoisotopic (exact) mass is 1470 g/mol. The van der Waals surface area contributed by atoms with Crippen molar-refractivity contribution in [3.8, 4) is 11.5 Å². The number of nitrogens with zero attached hydrogens (tertiary/aromatic N) is 4. The second-order valence-corrected chi connectivity index (χ2v) is 30.4. The summed E-state index contributed by atoms with van der Waals surface area (Å²) in [6.07, 6.45) is 0.390. The number of nitrogens with one attached hydrogen (secondary N) is 2. The van der Waals surface area contributed by atoms with Crippen molar-refractivity contribution >= 4 is 104 Å². The van der Waals surface area contributed by atoms with Gasteiger partial charge in [-0.05, 0) is 89.8 Å². The highest BCUT2D eigenvalue weighted by atomic mass is 35.5. The van der Waals surface area contributed by atoms with Crippen LogP contribution in [0.3, 0.4) is 0 Å². The molecule has 0 radical (unpaired) electrons. The molecule has 6 aliphatic heterocycles. The van der Waals surface area contributed by atoms with Crippen LogP contribution in [0, 0.1) is 11.8 Å². The van der Waals surface area contributed by atoms with E-state index in [1.54, 1.807) is 90.4 Å². The van der Waals surface area contributed by atoms with E-state index in [2.05, 4.69) is 10.6 Å². The van der Waals surface area contributed by atoms with Crippen molar-refractivity contribution < 1.29 is 95.9 Å². The molecule has 8 rings (SSSR count). The van der Waals surface area contributed by atoms with Gasteiger partial charge in [0.05, 0.1) is 50.6 Å². The van der Waals surface area contributed by atoms with Gasteiger partial charge in [-0.15, -0.1) is 0 Å². The summed E-state index contributed by atoms with van der Waals surface area (Å²) >= 11 is 13.7. The fraction of sp³-hybridized carbons (Fsp3) is 0.600. The lowest BCUT2D eigenvalue weighted by atomic mass is 9.83. The molecule has 16 atom stereocenters. The number of fused-ring (bicyclic) bond motifs is 10. The number of hydrogen-bond acceptors (Lipinski definition) is 22. The molecule has 2 aromatic rings. The predicted octanol–water partition coefficient (Wildman–Crippen LogP) is 8.20. The Labute approximate surface area is 601 Å². The van der Waals surface area contributed by atoms with Crippen LogP contribution in [0.25, 0.3) is 0 Å². The average Bonchev–Trinajstić information content (AvgIpc) is 1.58. The number of aliphatic hydroxyl groups is 2. The zero-order chi connectivity index (χ0) is 73.7. The molecule has 30 heteroatoms. The third-order valence-electron chi connectivity index (χ3n) is 19.9. The molecule has 0 saturated carbocycles. The first kappa shape index (κ1) is 79.1. The van der Waals surface area contributed by atoms with E-state index < -0.39 is 156 Å². The Bertz CT molecular complexity index is 3340. The molecule has 0 aromatic heterocycles. The number of ether oxygens (including phenoxy) is 10. The Morgan fingerprint density at radius 1 is 0.640 bits per heavy atom. The lowest BCUT2D eigenvalue weighted by molar-refractivity contribution is -0.162. The van der Waals surface area contributed by atoms with Gasteiger partial charge in [0.2, 0.25) is 23.6 Å². The highest BCUT2D eigenvalue weighted by molar-refractivity contribution is 8.76. The number of carbonyl (C=O) groups excluding carboxylic acids is 8. The maximum atomic E-state index is 14.5. The van der Waals surface area contributed by atoms with Crippen LogP contribution in [0.1, 0.15) is 105 Å². The minimum atomic E-state index is -1.90. The molecule has 6 amide bonds. The summed E-state index contributed by atoms with van der Waals surface area (Å²) in [5.41, 5.74) is -2.54. The Kier molecular flexibility index (Phi) is 25.9. The van der Waals surface area contributed by atoms with Crippen molar-refractivity contribution in [2.75, 3.05) is 77.9 Å². The molecule has 4 saturated heterocycles. The number of rotatable bonds is 17. The second-order valence-electron chi connectivity index (χ2n) is 27.0. The highest BCUT2D eigenvalue weighted by Crippen LogP contribution is 2.51. The first-order valence-electron chi connectivity index (χ1n) is 33.0. The molecule has 26 nitrogen and oxygen atoms in total. The molecule has 4 fully saturated rings. The number of anilines is 2. The van der Waals surface area contributed by atoms with E-state index in [-0.39, 0.29) is 47.2 Å². The molecule has 8 bridgehead atoms. The molecule has 6 heterocycles. The first-order valence-corrected chi connectivity index (χ1v) is 36.3. The van der Waals surface area contributed by atoms with Gasteiger partial charge in [-0.25, -0.2) is 19.2 Å². The molecule has 6 aliphatic rings. The maximum Gasteiger partial charge on any atom is 0.409 e. The number of amides is 6. The minimum absolute atomic E-state index is 0.0149. The van der Waals surface area contributed by atoms with Crippen LogP contribution < -0.4 is 29.9 Å². The van der Waals surface area contributed by atoms with E-state index in [1.807, 2.05) is 26.0 Å². The number of carbonyl (C=O) groups is 8. The first-order chi connectivity index (χ1) is 47.1. The Hall–Kier alpha value is -6.60. The molecular weight excluding hydrogens is 1380 g/mol. The standard InChI is InChI=1S/C70H94Cl2N6O20S2/c1-37-19-17-21-51(91-15)69(87)35-49(93-65(85)73-69)39(3)61-67(7,97-61)53(33-57(81)77(11)45-29-43(27-37)31-47(89-13)59(45)71)95-63(83)41(5)75(9)55(79)23-25-99-100-26-24-56(80)76(10)42(6)64(84)96-54-34-58(82)78(12)46-30-44(32-48(90-14)60(46)72)28-38(2)20-18-22-52(92-16)70(88)36-50(94-66(86)74-70)40(4)62-68(54,8)98-62/h17-22,29-32,39-42,49-54,61-62,87-88H,23-28,33-36H2,1-16H3,(H,73,85)(H,74,86)/b21-17+,22-18+,37-19+,38-20+/t39-,40-,41+,42+,49+,50+,51-,52-,53-,54+,61+,62+,67+,68+,69+,70+/m1/s1. The van der Waals surface area contributed by atoms with Crippen LogP contribution in [0.4, 0.5) is 21.0 Å². The van der Waals surface area contributed by atoms with Gasteiger partial charge in [0.1, 0.15) is 81.5 Å². The van der Waals surface area contributed by atoms with Crippen molar-refractivity contribution in [3.63, 3.8) is 0 Å². The summed E-state index contributed by atoms with van der Waals surface area (Å²) in [6.45, 7) is 13.7. The number of hydrogen-bond donors (Lipinski definition) is 4. The van der Waals surface area contributed by atoms with Crippen molar-refractivity contribution in [1.29, 1.82) is 0 Å². The van der Waals surface area contributed by atoms with Crippen molar-refractivity contribution in [2.45, 2.75) is 190 Å². The molecule has 0 spiro atoms. The number of allylic oxidation sites excluding steroid dienone is 6. The fourth-order valence-electron chi connectivity index (χ4n) is 13.2. The van der Waals surface area contributed by atoms with Crippen molar-refractivity contribution in [3.05, 3.63) is 93.0 Å². The van der Waals surface area contributed by atoms with Crippen molar-refractivity contribution in [1.82, 2.24) is 20.4 Å². The summed E-state index contributed by atoms with van der Waals surface area (Å²) < 4.78 is 59.2. The lowest BCUT2D eigenvalue weighted by Crippen LogP contribution is -2.63. The number of likely N-dealkylation sites (N-methyl/N-ethyl adjacent to an activating group) is 2. The van der Waals surface area contributed by atoms with Crippen LogP contribution in [0.2, 0.25) is 10.0 Å². The van der Waals surface area contributed by atoms with E-state index in [0.29, 0.717) is 35.7 Å². The number of epoxide rings is 2. The van der Waals surface area contributed by atoms with E-state index in [9.17, 15) is 48.6 Å². The molecule has 2 aromatic carbocycles. The van der Waals surface area contributed by atoms with Crippen LogP contribution in [-0.4, -0.2) is 219 Å². The third-order valence-corrected chi connectivity index (χ3v) is 23.1. The fourth-order valence-corrected chi connectivity index (χ4v) is 15.7. The Morgan fingerprint density at radius 3 is 1.34 bits per heavy atom. The summed E-state index contributed by atoms with van der Waals surface area (Å²) in [7, 11) is 14.4. The lowest BCUT2D eigenvalue weighted by Gasteiger charge is -2.42. The average molecular weight is 1470 g/mol. The van der Waals surface area contributed by atoms with Crippen molar-refractivity contribution in [2.24, 2.45) is 11.8 Å². The minimum Gasteiger partial charge on any atom is -0.495 e. The van der Waals surface area contributed by atoms with Gasteiger partial charge < -0.3 is 77.2 Å². The predicted molar refractivity (Wildman–Crippen MR) is 376 cm³/mol. The van der Waals surface area contributed by atoms with E-state index in [0.717, 1.165) is 22.3 Å². The van der Waals surface area contributed by atoms with Gasteiger partial charge in [0, 0.05) is 91.4 Å². The number of benzene rings is 2. The van der Waals surface area contributed by atoms with Crippen LogP contribution in [-0.2, 0) is 79.5 Å². The third kappa shape index (κ3) is 17.9. The zero-order valence-electron chi connectivity index (χ0n) is 59.4. The maximum absolute atomic E-state index is 14.5.